The lowest BCUT2D eigenvalue weighted by Gasteiger charge is -2.33. The number of ether oxygens (including phenoxy) is 1. The second-order valence-corrected chi connectivity index (χ2v) is 9.18. The number of rotatable bonds is 9. The van der Waals surface area contributed by atoms with Gasteiger partial charge in [-0.2, -0.15) is 0 Å². The summed E-state index contributed by atoms with van der Waals surface area (Å²) in [4.78, 5) is 21.6. The smallest absolute Gasteiger partial charge is 0.253 e. The molecule has 1 aliphatic heterocycles. The first kappa shape index (κ1) is 22.3. The number of amides is 1. The number of hydrogen-bond donors (Lipinski definition) is 3. The van der Waals surface area contributed by atoms with Crippen LogP contribution in [0.1, 0.15) is 42.7 Å². The largest absolute Gasteiger partial charge is 0.366 e. The molecule has 2 aromatic rings. The Morgan fingerprint density at radius 1 is 1.48 bits per heavy atom. The number of nitrogens with one attached hydrogen (secondary N) is 2. The highest BCUT2D eigenvalue weighted by Crippen LogP contribution is 2.41. The summed E-state index contributed by atoms with van der Waals surface area (Å²) in [7, 11) is 0. The molecular weight excluding hydrogens is 419 g/mol. The average molecular weight is 449 g/mol. The number of carbonyl (C=O) groups is 1. The van der Waals surface area contributed by atoms with E-state index in [0.29, 0.717) is 19.7 Å². The minimum Gasteiger partial charge on any atom is -0.366 e. The van der Waals surface area contributed by atoms with E-state index in [1.807, 2.05) is 4.90 Å². The van der Waals surface area contributed by atoms with Crippen molar-refractivity contribution >= 4 is 17.2 Å². The molecule has 0 radical (unpaired) electrons. The third-order valence-corrected chi connectivity index (χ3v) is 7.12. The van der Waals surface area contributed by atoms with Crippen LogP contribution in [0.5, 0.6) is 0 Å². The molecule has 31 heavy (non-hydrogen) atoms. The molecule has 2 atom stereocenters. The van der Waals surface area contributed by atoms with Crippen molar-refractivity contribution < 1.29 is 19.1 Å². The molecule has 168 valence electrons. The maximum absolute atomic E-state index is 13.4. The summed E-state index contributed by atoms with van der Waals surface area (Å²) in [5.41, 5.74) is 4.01. The maximum Gasteiger partial charge on any atom is 0.253 e. The number of aryl methyl sites for hydroxylation is 1. The molecule has 2 aromatic heterocycles. The van der Waals surface area contributed by atoms with E-state index in [2.05, 4.69) is 28.8 Å². The molecule has 9 heteroatoms. The highest BCUT2D eigenvalue weighted by atomic mass is 32.1. The number of morpholine rings is 1. The summed E-state index contributed by atoms with van der Waals surface area (Å²) < 4.78 is 19.1. The van der Waals surface area contributed by atoms with E-state index in [-0.39, 0.29) is 23.8 Å². The monoisotopic (exact) mass is 448 g/mol. The molecule has 0 bridgehead atoms. The lowest BCUT2D eigenvalue weighted by molar-refractivity contribution is -0.148. The number of pyridine rings is 1. The fourth-order valence-electron chi connectivity index (χ4n) is 3.99. The quantitative estimate of drug-likeness (QED) is 0.404. The highest BCUT2D eigenvalue weighted by Gasteiger charge is 2.40. The molecule has 7 nitrogen and oxygen atoms in total. The maximum atomic E-state index is 13.4. The second-order valence-electron chi connectivity index (χ2n) is 8.09. The van der Waals surface area contributed by atoms with Gasteiger partial charge in [-0.15, -0.1) is 11.3 Å². The zero-order valence-corrected chi connectivity index (χ0v) is 18.5. The Kier molecular flexibility index (Phi) is 7.29. The van der Waals surface area contributed by atoms with Gasteiger partial charge in [0.2, 0.25) is 0 Å². The Hall–Kier alpha value is -1.91. The third kappa shape index (κ3) is 5.30. The highest BCUT2D eigenvalue weighted by molar-refractivity contribution is 7.15. The van der Waals surface area contributed by atoms with Crippen LogP contribution in [0.25, 0.3) is 10.6 Å². The summed E-state index contributed by atoms with van der Waals surface area (Å²) in [6, 6.07) is 5.41. The lowest BCUT2D eigenvalue weighted by Crippen LogP contribution is -2.50. The Morgan fingerprint density at radius 2 is 2.32 bits per heavy atom. The van der Waals surface area contributed by atoms with Crippen molar-refractivity contribution in [3.8, 4) is 10.6 Å². The summed E-state index contributed by atoms with van der Waals surface area (Å²) in [5.74, 6) is -0.324. The molecule has 3 N–H and O–H groups in total. The predicted octanol–water partition coefficient (Wildman–Crippen LogP) is 2.90. The molecule has 1 amide bonds. The van der Waals surface area contributed by atoms with Gasteiger partial charge in [0, 0.05) is 30.6 Å². The van der Waals surface area contributed by atoms with Crippen LogP contribution in [-0.2, 0) is 16.0 Å². The normalized spacial score (nSPS) is 19.9. The fraction of sp³-hybridized carbons (Fsp3) is 0.545. The van der Waals surface area contributed by atoms with E-state index < -0.39 is 6.10 Å². The van der Waals surface area contributed by atoms with Crippen molar-refractivity contribution in [1.82, 2.24) is 20.7 Å². The first-order chi connectivity index (χ1) is 15.1. The van der Waals surface area contributed by atoms with Gasteiger partial charge < -0.3 is 20.2 Å². The standard InChI is InChI=1S/C22H29FN4O3S/c1-14(27(17-5-6-17)22(28)19-13-24-9-10-30-19)20-11-15(3-2-8-26-29)21(31-20)18-7-4-16(23)12-25-18/h4,7,11-12,14,17,19,24,26,29H,2-3,5-6,8-10,13H2,1H3/t14-,19-/m1/s1. The van der Waals surface area contributed by atoms with E-state index in [9.17, 15) is 9.18 Å². The van der Waals surface area contributed by atoms with Crippen molar-refractivity contribution in [2.75, 3.05) is 26.2 Å². The minimum absolute atomic E-state index is 0.0445. The first-order valence-electron chi connectivity index (χ1n) is 10.8. The van der Waals surface area contributed by atoms with E-state index in [4.69, 9.17) is 9.94 Å². The van der Waals surface area contributed by atoms with Crippen molar-refractivity contribution in [3.05, 3.63) is 40.7 Å². The van der Waals surface area contributed by atoms with Gasteiger partial charge in [-0.3, -0.25) is 9.78 Å². The Balaban J connectivity index is 1.61. The van der Waals surface area contributed by atoms with Crippen LogP contribution in [0.4, 0.5) is 4.39 Å². The molecule has 1 aliphatic carbocycles. The summed E-state index contributed by atoms with van der Waals surface area (Å²) >= 11 is 1.60. The van der Waals surface area contributed by atoms with E-state index in [0.717, 1.165) is 53.2 Å². The molecule has 2 aliphatic rings. The second kappa shape index (κ2) is 10.1. The Labute approximate surface area is 185 Å². The topological polar surface area (TPSA) is 86.7 Å². The first-order valence-corrected chi connectivity index (χ1v) is 11.7. The molecule has 1 saturated heterocycles. The number of thiophene rings is 1. The average Bonchev–Trinajstić information content (AvgIpc) is 3.53. The van der Waals surface area contributed by atoms with Gasteiger partial charge in [0.15, 0.2) is 0 Å². The van der Waals surface area contributed by atoms with E-state index >= 15 is 0 Å². The van der Waals surface area contributed by atoms with Crippen molar-refractivity contribution in [2.24, 2.45) is 0 Å². The molecule has 4 rings (SSSR count). The molecule has 0 aromatic carbocycles. The van der Waals surface area contributed by atoms with Gasteiger partial charge in [-0.05, 0) is 56.4 Å². The van der Waals surface area contributed by atoms with Gasteiger partial charge in [-0.25, -0.2) is 9.87 Å². The van der Waals surface area contributed by atoms with Gasteiger partial charge >= 0.3 is 0 Å². The van der Waals surface area contributed by atoms with E-state index in [1.54, 1.807) is 17.4 Å². The fourth-order valence-corrected chi connectivity index (χ4v) is 5.23. The van der Waals surface area contributed by atoms with Gasteiger partial charge in [0.25, 0.3) is 5.91 Å². The number of hydroxylamine groups is 1. The zero-order valence-electron chi connectivity index (χ0n) is 17.6. The van der Waals surface area contributed by atoms with Crippen LogP contribution in [0, 0.1) is 5.82 Å². The van der Waals surface area contributed by atoms with Gasteiger partial charge in [-0.1, -0.05) is 0 Å². The molecule has 1 saturated carbocycles. The molecule has 0 spiro atoms. The lowest BCUT2D eigenvalue weighted by atomic mass is 10.1. The number of nitrogens with zero attached hydrogens (tertiary/aromatic N) is 2. The van der Waals surface area contributed by atoms with Crippen molar-refractivity contribution in [2.45, 2.75) is 50.8 Å². The van der Waals surface area contributed by atoms with Crippen LogP contribution in [-0.4, -0.2) is 59.4 Å². The SMILES string of the molecule is C[C@H](c1cc(CCCNO)c(-c2ccc(F)cn2)s1)N(C(=O)[C@H]1CNCCO1)C1CC1. The van der Waals surface area contributed by atoms with Crippen molar-refractivity contribution in [1.29, 1.82) is 0 Å². The van der Waals surface area contributed by atoms with E-state index in [1.165, 1.54) is 12.3 Å². The molecule has 3 heterocycles. The number of halogens is 1. The van der Waals surface area contributed by atoms with Crippen LogP contribution in [0.3, 0.4) is 0 Å². The van der Waals surface area contributed by atoms with Gasteiger partial charge in [0.1, 0.15) is 11.9 Å². The molecule has 2 fully saturated rings. The van der Waals surface area contributed by atoms with Crippen LogP contribution < -0.4 is 10.8 Å². The minimum atomic E-state index is -0.440. The summed E-state index contributed by atoms with van der Waals surface area (Å²) in [6.45, 7) is 4.41. The Bertz CT molecular complexity index is 881. The van der Waals surface area contributed by atoms with Gasteiger partial charge in [0.05, 0.1) is 29.4 Å². The Morgan fingerprint density at radius 3 is 2.97 bits per heavy atom. The third-order valence-electron chi connectivity index (χ3n) is 5.75. The zero-order chi connectivity index (χ0) is 21.8. The molecular formula is C22H29FN4O3S. The number of aromatic nitrogens is 1. The van der Waals surface area contributed by atoms with Crippen molar-refractivity contribution in [3.63, 3.8) is 0 Å². The number of hydrogen-bond acceptors (Lipinski definition) is 7. The van der Waals surface area contributed by atoms with Crippen LogP contribution in [0.15, 0.2) is 24.4 Å². The molecule has 0 unspecified atom stereocenters. The summed E-state index contributed by atoms with van der Waals surface area (Å²) in [6.07, 6.45) is 4.32. The van der Waals surface area contributed by atoms with Crippen LogP contribution >= 0.6 is 11.3 Å². The summed E-state index contributed by atoms with van der Waals surface area (Å²) in [5, 5.41) is 12.2. The van der Waals surface area contributed by atoms with Crippen LogP contribution in [0.2, 0.25) is 0 Å². The number of carbonyl (C=O) groups excluding carboxylic acids is 1. The predicted molar refractivity (Wildman–Crippen MR) is 117 cm³/mol.